The van der Waals surface area contributed by atoms with Gasteiger partial charge in [-0.25, -0.2) is 0 Å². The van der Waals surface area contributed by atoms with Crippen molar-refractivity contribution < 1.29 is 4.74 Å². The molecular formula is C9H12Cl2OSi. The van der Waals surface area contributed by atoms with Crippen molar-refractivity contribution in [2.45, 2.75) is 13.0 Å². The number of methoxy groups -OCH3 is 1. The lowest BCUT2D eigenvalue weighted by molar-refractivity contribution is 0.415. The third kappa shape index (κ3) is 2.63. The first kappa shape index (κ1) is 10.9. The molecule has 72 valence electrons. The number of hydrogen-bond acceptors (Lipinski definition) is 1. The third-order valence-corrected chi connectivity index (χ3v) is 6.94. The van der Waals surface area contributed by atoms with Crippen LogP contribution in [0.5, 0.6) is 5.75 Å². The van der Waals surface area contributed by atoms with Crippen LogP contribution in [0.2, 0.25) is 6.04 Å². The summed E-state index contributed by atoms with van der Waals surface area (Å²) in [4.78, 5) is 0. The van der Waals surface area contributed by atoms with Crippen LogP contribution in [0.15, 0.2) is 24.3 Å². The Balaban J connectivity index is 2.92. The molecule has 0 atom stereocenters. The first-order chi connectivity index (χ1) is 6.10. The molecule has 1 nitrogen and oxygen atoms in total. The fourth-order valence-electron chi connectivity index (χ4n) is 1.04. The number of rotatable bonds is 3. The number of benzene rings is 1. The van der Waals surface area contributed by atoms with E-state index >= 15 is 0 Å². The van der Waals surface area contributed by atoms with Gasteiger partial charge >= 0.3 is 0 Å². The Labute approximate surface area is 89.0 Å². The van der Waals surface area contributed by atoms with Crippen LogP contribution in [0.4, 0.5) is 0 Å². The summed E-state index contributed by atoms with van der Waals surface area (Å²) in [7, 11) is 1.64. The molecule has 0 N–H and O–H groups in total. The van der Waals surface area contributed by atoms with Crippen LogP contribution in [-0.4, -0.2) is 13.8 Å². The molecular weight excluding hydrogens is 223 g/mol. The summed E-state index contributed by atoms with van der Waals surface area (Å²) in [6, 6.07) is 8.47. The number of ether oxygens (including phenoxy) is 1. The maximum absolute atomic E-state index is 6.21. The minimum atomic E-state index is -2.20. The van der Waals surface area contributed by atoms with Crippen molar-refractivity contribution >= 4 is 34.0 Å². The van der Waals surface area contributed by atoms with E-state index in [0.29, 0.717) is 0 Å². The van der Waals surface area contributed by atoms with E-state index in [-0.39, 0.29) is 0 Å². The van der Waals surface area contributed by atoms with Gasteiger partial charge in [0.15, 0.2) is 0 Å². The van der Waals surface area contributed by atoms with Gasteiger partial charge in [-0.3, -0.25) is 0 Å². The molecule has 0 heterocycles. The smallest absolute Gasteiger partial charge is 0.280 e. The molecule has 0 bridgehead atoms. The van der Waals surface area contributed by atoms with Crippen molar-refractivity contribution in [3.8, 4) is 5.75 Å². The van der Waals surface area contributed by atoms with Gasteiger partial charge in [-0.15, -0.1) is 22.2 Å². The second-order valence-corrected chi connectivity index (χ2v) is 9.93. The molecule has 0 aliphatic heterocycles. The van der Waals surface area contributed by atoms with Gasteiger partial charge in [-0.05, 0) is 23.4 Å². The molecule has 0 saturated heterocycles. The van der Waals surface area contributed by atoms with Gasteiger partial charge in [-0.2, -0.15) is 0 Å². The lowest BCUT2D eigenvalue weighted by Crippen LogP contribution is -2.35. The average Bonchev–Trinajstić information content (AvgIpc) is 2.18. The van der Waals surface area contributed by atoms with E-state index in [2.05, 4.69) is 0 Å². The Morgan fingerprint density at radius 2 is 1.77 bits per heavy atom. The van der Waals surface area contributed by atoms with Gasteiger partial charge in [0.05, 0.1) is 7.11 Å². The number of halogens is 2. The van der Waals surface area contributed by atoms with Gasteiger partial charge in [0, 0.05) is 0 Å². The van der Waals surface area contributed by atoms with E-state index in [1.54, 1.807) is 7.11 Å². The van der Waals surface area contributed by atoms with Crippen LogP contribution in [0.1, 0.15) is 6.92 Å². The molecule has 0 amide bonds. The Hall–Kier alpha value is -0.183. The molecule has 0 aliphatic rings. The Morgan fingerprint density at radius 1 is 1.23 bits per heavy atom. The summed E-state index contributed by atoms with van der Waals surface area (Å²) < 4.78 is 5.04. The lowest BCUT2D eigenvalue weighted by Gasteiger charge is -2.14. The van der Waals surface area contributed by atoms with Gasteiger partial charge < -0.3 is 4.74 Å². The van der Waals surface area contributed by atoms with Crippen LogP contribution in [-0.2, 0) is 0 Å². The zero-order valence-electron chi connectivity index (χ0n) is 7.68. The SMILES string of the molecule is CC[Si](Cl)(Cl)c1ccc(OC)cc1. The van der Waals surface area contributed by atoms with Crippen LogP contribution >= 0.6 is 22.2 Å². The van der Waals surface area contributed by atoms with Crippen LogP contribution in [0, 0.1) is 0 Å². The fraction of sp³-hybridized carbons (Fsp3) is 0.333. The molecule has 0 aromatic heterocycles. The highest BCUT2D eigenvalue weighted by atomic mass is 35.7. The molecule has 0 fully saturated rings. The molecule has 0 radical (unpaired) electrons. The van der Waals surface area contributed by atoms with Crippen LogP contribution < -0.4 is 9.92 Å². The van der Waals surface area contributed by atoms with Crippen molar-refractivity contribution in [2.75, 3.05) is 7.11 Å². The van der Waals surface area contributed by atoms with E-state index in [0.717, 1.165) is 17.0 Å². The maximum atomic E-state index is 6.21. The van der Waals surface area contributed by atoms with Crippen molar-refractivity contribution in [3.05, 3.63) is 24.3 Å². The molecule has 0 saturated carbocycles. The average molecular weight is 235 g/mol. The normalized spacial score (nSPS) is 11.4. The van der Waals surface area contributed by atoms with Gasteiger partial charge in [0.2, 0.25) is 0 Å². The lowest BCUT2D eigenvalue weighted by atomic mass is 10.3. The van der Waals surface area contributed by atoms with Crippen LogP contribution in [0.3, 0.4) is 0 Å². The van der Waals surface area contributed by atoms with E-state index in [1.807, 2.05) is 31.2 Å². The predicted octanol–water partition coefficient (Wildman–Crippen LogP) is 2.84. The van der Waals surface area contributed by atoms with E-state index < -0.39 is 6.69 Å². The molecule has 1 aromatic rings. The van der Waals surface area contributed by atoms with E-state index in [4.69, 9.17) is 26.9 Å². The zero-order chi connectivity index (χ0) is 9.90. The van der Waals surface area contributed by atoms with Crippen molar-refractivity contribution in [1.29, 1.82) is 0 Å². The molecule has 1 rings (SSSR count). The number of hydrogen-bond donors (Lipinski definition) is 0. The monoisotopic (exact) mass is 234 g/mol. The van der Waals surface area contributed by atoms with Crippen LogP contribution in [0.25, 0.3) is 0 Å². The largest absolute Gasteiger partial charge is 0.497 e. The zero-order valence-corrected chi connectivity index (χ0v) is 10.2. The highest BCUT2D eigenvalue weighted by Crippen LogP contribution is 2.20. The van der Waals surface area contributed by atoms with Crippen molar-refractivity contribution in [2.24, 2.45) is 0 Å². The molecule has 0 aliphatic carbocycles. The third-order valence-electron chi connectivity index (χ3n) is 1.96. The minimum absolute atomic E-state index is 0.822. The second-order valence-electron chi connectivity index (χ2n) is 2.79. The Bertz CT molecular complexity index is 271. The van der Waals surface area contributed by atoms with E-state index in [1.165, 1.54) is 0 Å². The summed E-state index contributed by atoms with van der Waals surface area (Å²) in [5, 5.41) is 1.04. The topological polar surface area (TPSA) is 9.23 Å². The molecule has 4 heteroatoms. The maximum Gasteiger partial charge on any atom is 0.280 e. The summed E-state index contributed by atoms with van der Waals surface area (Å²) in [6.07, 6.45) is 0. The molecule has 13 heavy (non-hydrogen) atoms. The summed E-state index contributed by atoms with van der Waals surface area (Å²) in [5.74, 6) is 0.831. The minimum Gasteiger partial charge on any atom is -0.497 e. The first-order valence-corrected chi connectivity index (χ1v) is 8.35. The van der Waals surface area contributed by atoms with Gasteiger partial charge in [-0.1, -0.05) is 19.1 Å². The van der Waals surface area contributed by atoms with Gasteiger partial charge in [0.25, 0.3) is 6.69 Å². The Morgan fingerprint density at radius 3 is 2.15 bits per heavy atom. The standard InChI is InChI=1S/C9H12Cl2OSi/c1-3-13(10,11)9-6-4-8(12-2)5-7-9/h4-7H,3H2,1-2H3. The van der Waals surface area contributed by atoms with Crippen molar-refractivity contribution in [3.63, 3.8) is 0 Å². The molecule has 1 aromatic carbocycles. The summed E-state index contributed by atoms with van der Waals surface area (Å²) >= 11 is 12.4. The summed E-state index contributed by atoms with van der Waals surface area (Å²) in [5.41, 5.74) is 0. The molecule has 0 spiro atoms. The highest BCUT2D eigenvalue weighted by Gasteiger charge is 2.28. The quantitative estimate of drug-likeness (QED) is 0.578. The molecule has 0 unspecified atom stereocenters. The highest BCUT2D eigenvalue weighted by molar-refractivity contribution is 7.50. The first-order valence-electron chi connectivity index (χ1n) is 4.12. The summed E-state index contributed by atoms with van der Waals surface area (Å²) in [6.45, 7) is -0.190. The van der Waals surface area contributed by atoms with E-state index in [9.17, 15) is 0 Å². The second kappa shape index (κ2) is 4.36. The Kier molecular flexibility index (Phi) is 3.65. The predicted molar refractivity (Wildman–Crippen MR) is 60.6 cm³/mol. The van der Waals surface area contributed by atoms with Gasteiger partial charge in [0.1, 0.15) is 5.75 Å². The fourth-order valence-corrected chi connectivity index (χ4v) is 2.86. The van der Waals surface area contributed by atoms with Crippen molar-refractivity contribution in [1.82, 2.24) is 0 Å².